The van der Waals surface area contributed by atoms with Crippen molar-refractivity contribution in [1.82, 2.24) is 9.97 Å². The average molecular weight is 269 g/mol. The van der Waals surface area contributed by atoms with Crippen LogP contribution in [0.5, 0.6) is 0 Å². The van der Waals surface area contributed by atoms with E-state index in [-0.39, 0.29) is 0 Å². The largest absolute Gasteiger partial charge is 0.228 e. The summed E-state index contributed by atoms with van der Waals surface area (Å²) in [6, 6.07) is 14.0. The molecular weight excluding hydrogens is 256 g/mol. The van der Waals surface area contributed by atoms with Gasteiger partial charge in [-0.1, -0.05) is 35.9 Å². The Balaban J connectivity index is 2.22. The third-order valence-corrected chi connectivity index (χ3v) is 3.61. The standard InChI is InChI=1S/C16H13ClN2/c1-10-7-8-12(9-11(10)2)16-18-14-6-4-3-5-13(14)15(17)19-16/h3-9H,1-2H3. The Morgan fingerprint density at radius 3 is 2.47 bits per heavy atom. The predicted molar refractivity (Wildman–Crippen MR) is 79.5 cm³/mol. The van der Waals surface area contributed by atoms with E-state index in [0.29, 0.717) is 11.0 Å². The zero-order chi connectivity index (χ0) is 13.4. The molecule has 0 unspecified atom stereocenters. The molecule has 3 heteroatoms. The summed E-state index contributed by atoms with van der Waals surface area (Å²) >= 11 is 6.23. The van der Waals surface area contributed by atoms with Gasteiger partial charge in [-0.3, -0.25) is 0 Å². The quantitative estimate of drug-likeness (QED) is 0.604. The summed E-state index contributed by atoms with van der Waals surface area (Å²) in [6.07, 6.45) is 0. The number of rotatable bonds is 1. The molecule has 0 fully saturated rings. The first kappa shape index (κ1) is 12.1. The summed E-state index contributed by atoms with van der Waals surface area (Å²) in [5.74, 6) is 0.673. The fourth-order valence-electron chi connectivity index (χ4n) is 2.05. The first-order chi connectivity index (χ1) is 9.15. The fourth-order valence-corrected chi connectivity index (χ4v) is 2.29. The maximum absolute atomic E-state index is 6.23. The fraction of sp³-hybridized carbons (Fsp3) is 0.125. The van der Waals surface area contributed by atoms with E-state index in [1.54, 1.807) is 0 Å². The minimum absolute atomic E-state index is 0.499. The van der Waals surface area contributed by atoms with E-state index in [1.165, 1.54) is 11.1 Å². The van der Waals surface area contributed by atoms with Crippen molar-refractivity contribution in [3.63, 3.8) is 0 Å². The molecule has 0 spiro atoms. The van der Waals surface area contributed by atoms with E-state index >= 15 is 0 Å². The molecule has 2 aromatic carbocycles. The summed E-state index contributed by atoms with van der Waals surface area (Å²) in [7, 11) is 0. The maximum Gasteiger partial charge on any atom is 0.161 e. The minimum atomic E-state index is 0.499. The third kappa shape index (κ3) is 2.20. The third-order valence-electron chi connectivity index (χ3n) is 3.32. The number of hydrogen-bond donors (Lipinski definition) is 0. The number of para-hydroxylation sites is 1. The van der Waals surface area contributed by atoms with Crippen molar-refractivity contribution in [3.05, 3.63) is 58.7 Å². The summed E-state index contributed by atoms with van der Waals surface area (Å²) in [4.78, 5) is 8.98. The highest BCUT2D eigenvalue weighted by Gasteiger charge is 2.08. The Bertz CT molecular complexity index is 766. The first-order valence-electron chi connectivity index (χ1n) is 6.15. The van der Waals surface area contributed by atoms with Crippen molar-refractivity contribution in [1.29, 1.82) is 0 Å². The topological polar surface area (TPSA) is 25.8 Å². The number of benzene rings is 2. The molecule has 3 aromatic rings. The van der Waals surface area contributed by atoms with E-state index in [4.69, 9.17) is 11.6 Å². The molecule has 0 saturated carbocycles. The Morgan fingerprint density at radius 1 is 0.895 bits per heavy atom. The van der Waals surface area contributed by atoms with Crippen LogP contribution in [0.2, 0.25) is 5.15 Å². The lowest BCUT2D eigenvalue weighted by Gasteiger charge is -2.06. The summed E-state index contributed by atoms with van der Waals surface area (Å²) < 4.78 is 0. The van der Waals surface area contributed by atoms with Crippen LogP contribution < -0.4 is 0 Å². The Morgan fingerprint density at radius 2 is 1.68 bits per heavy atom. The second-order valence-corrected chi connectivity index (χ2v) is 5.01. The second kappa shape index (κ2) is 4.63. The van der Waals surface area contributed by atoms with Crippen LogP contribution in [-0.2, 0) is 0 Å². The van der Waals surface area contributed by atoms with E-state index in [1.807, 2.05) is 30.3 Å². The SMILES string of the molecule is Cc1ccc(-c2nc(Cl)c3ccccc3n2)cc1C. The highest BCUT2D eigenvalue weighted by molar-refractivity contribution is 6.34. The smallest absolute Gasteiger partial charge is 0.161 e. The van der Waals surface area contributed by atoms with Crippen LogP contribution in [0.4, 0.5) is 0 Å². The highest BCUT2D eigenvalue weighted by atomic mass is 35.5. The molecule has 2 nitrogen and oxygen atoms in total. The van der Waals surface area contributed by atoms with Crippen molar-refractivity contribution < 1.29 is 0 Å². The van der Waals surface area contributed by atoms with Crippen LogP contribution in [0.25, 0.3) is 22.3 Å². The van der Waals surface area contributed by atoms with Gasteiger partial charge in [-0.25, -0.2) is 9.97 Å². The molecule has 94 valence electrons. The first-order valence-corrected chi connectivity index (χ1v) is 6.53. The molecule has 0 aliphatic carbocycles. The number of hydrogen-bond acceptors (Lipinski definition) is 2. The lowest BCUT2D eigenvalue weighted by Crippen LogP contribution is -1.92. The van der Waals surface area contributed by atoms with Gasteiger partial charge in [0.25, 0.3) is 0 Å². The minimum Gasteiger partial charge on any atom is -0.228 e. The lowest BCUT2D eigenvalue weighted by molar-refractivity contribution is 1.22. The number of halogens is 1. The molecule has 0 N–H and O–H groups in total. The van der Waals surface area contributed by atoms with Crippen molar-refractivity contribution >= 4 is 22.5 Å². The molecule has 0 atom stereocenters. The van der Waals surface area contributed by atoms with Gasteiger partial charge in [-0.15, -0.1) is 0 Å². The number of aromatic nitrogens is 2. The van der Waals surface area contributed by atoms with Gasteiger partial charge in [0.1, 0.15) is 5.15 Å². The van der Waals surface area contributed by atoms with Gasteiger partial charge in [-0.05, 0) is 43.2 Å². The van der Waals surface area contributed by atoms with Crippen LogP contribution in [0, 0.1) is 13.8 Å². The summed E-state index contributed by atoms with van der Waals surface area (Å²) in [6.45, 7) is 4.18. The van der Waals surface area contributed by atoms with Crippen LogP contribution in [0.3, 0.4) is 0 Å². The monoisotopic (exact) mass is 268 g/mol. The van der Waals surface area contributed by atoms with Crippen LogP contribution >= 0.6 is 11.6 Å². The molecule has 19 heavy (non-hydrogen) atoms. The maximum atomic E-state index is 6.23. The summed E-state index contributed by atoms with van der Waals surface area (Å²) in [5.41, 5.74) is 4.35. The lowest BCUT2D eigenvalue weighted by atomic mass is 10.1. The number of aryl methyl sites for hydroxylation is 2. The molecule has 0 radical (unpaired) electrons. The van der Waals surface area contributed by atoms with Gasteiger partial charge in [0.05, 0.1) is 5.52 Å². The van der Waals surface area contributed by atoms with Gasteiger partial charge >= 0.3 is 0 Å². The Hall–Kier alpha value is -1.93. The zero-order valence-electron chi connectivity index (χ0n) is 10.8. The van der Waals surface area contributed by atoms with Crippen LogP contribution in [0.15, 0.2) is 42.5 Å². The van der Waals surface area contributed by atoms with Crippen molar-refractivity contribution in [3.8, 4) is 11.4 Å². The van der Waals surface area contributed by atoms with Gasteiger partial charge in [0.2, 0.25) is 0 Å². The van der Waals surface area contributed by atoms with Crippen molar-refractivity contribution in [2.45, 2.75) is 13.8 Å². The number of fused-ring (bicyclic) bond motifs is 1. The van der Waals surface area contributed by atoms with Gasteiger partial charge in [-0.2, -0.15) is 0 Å². The molecule has 0 aliphatic heterocycles. The molecule has 0 saturated heterocycles. The van der Waals surface area contributed by atoms with Gasteiger partial charge < -0.3 is 0 Å². The Labute approximate surface area is 117 Å². The zero-order valence-corrected chi connectivity index (χ0v) is 11.6. The second-order valence-electron chi connectivity index (χ2n) is 4.65. The van der Waals surface area contributed by atoms with E-state index in [9.17, 15) is 0 Å². The normalized spacial score (nSPS) is 10.9. The molecule has 0 aliphatic rings. The molecule has 1 aromatic heterocycles. The molecule has 0 amide bonds. The van der Waals surface area contributed by atoms with Gasteiger partial charge in [0.15, 0.2) is 5.82 Å². The predicted octanol–water partition coefficient (Wildman–Crippen LogP) is 4.57. The van der Waals surface area contributed by atoms with Crippen LogP contribution in [-0.4, -0.2) is 9.97 Å². The van der Waals surface area contributed by atoms with Crippen molar-refractivity contribution in [2.75, 3.05) is 0 Å². The molecule has 3 rings (SSSR count). The number of nitrogens with zero attached hydrogens (tertiary/aromatic N) is 2. The highest BCUT2D eigenvalue weighted by Crippen LogP contribution is 2.25. The molecular formula is C16H13ClN2. The molecule has 0 bridgehead atoms. The van der Waals surface area contributed by atoms with Crippen LogP contribution in [0.1, 0.15) is 11.1 Å². The van der Waals surface area contributed by atoms with Crippen molar-refractivity contribution in [2.24, 2.45) is 0 Å². The average Bonchev–Trinajstić information content (AvgIpc) is 2.42. The van der Waals surface area contributed by atoms with E-state index in [0.717, 1.165) is 16.5 Å². The van der Waals surface area contributed by atoms with E-state index in [2.05, 4.69) is 35.9 Å². The Kier molecular flexibility index (Phi) is 2.96. The molecule has 1 heterocycles. The van der Waals surface area contributed by atoms with Gasteiger partial charge in [0, 0.05) is 10.9 Å². The van der Waals surface area contributed by atoms with E-state index < -0.39 is 0 Å². The summed E-state index contributed by atoms with van der Waals surface area (Å²) in [5, 5.41) is 1.38.